The van der Waals surface area contributed by atoms with Gasteiger partial charge in [0.15, 0.2) is 17.5 Å². The van der Waals surface area contributed by atoms with Crippen LogP contribution in [0.4, 0.5) is 13.2 Å². The van der Waals surface area contributed by atoms with Crippen molar-refractivity contribution in [2.75, 3.05) is 0 Å². The Bertz CT molecular complexity index is 344. The normalized spacial score (nSPS) is 9.58. The third-order valence-electron chi connectivity index (χ3n) is 1.22. The van der Waals surface area contributed by atoms with Crippen LogP contribution in [0.3, 0.4) is 0 Å². The van der Waals surface area contributed by atoms with Gasteiger partial charge in [0, 0.05) is 0 Å². The molecule has 5 heteroatoms. The Labute approximate surface area is 74.6 Å². The van der Waals surface area contributed by atoms with Crippen LogP contribution in [0.2, 0.25) is 0 Å². The van der Waals surface area contributed by atoms with Crippen molar-refractivity contribution >= 4 is 15.9 Å². The van der Waals surface area contributed by atoms with Crippen molar-refractivity contribution in [2.24, 2.45) is 0 Å². The summed E-state index contributed by atoms with van der Waals surface area (Å²) in [5.74, 6) is -3.80. The van der Waals surface area contributed by atoms with E-state index in [4.69, 9.17) is 5.26 Å². The number of rotatable bonds is 0. The lowest BCUT2D eigenvalue weighted by Crippen LogP contribution is -1.95. The molecule has 0 aliphatic heterocycles. The van der Waals surface area contributed by atoms with Gasteiger partial charge in [-0.15, -0.1) is 0 Å². The molecule has 0 aliphatic carbocycles. The van der Waals surface area contributed by atoms with E-state index in [9.17, 15) is 13.2 Å². The van der Waals surface area contributed by atoms with Gasteiger partial charge >= 0.3 is 0 Å². The van der Waals surface area contributed by atoms with Crippen molar-refractivity contribution < 1.29 is 13.2 Å². The molecule has 0 spiro atoms. The van der Waals surface area contributed by atoms with Crippen molar-refractivity contribution in [2.45, 2.75) is 0 Å². The minimum atomic E-state index is -1.46. The van der Waals surface area contributed by atoms with Gasteiger partial charge in [-0.05, 0) is 22.0 Å². The Hall–Kier alpha value is -1.02. The van der Waals surface area contributed by atoms with Crippen LogP contribution in [0, 0.1) is 28.8 Å². The molecular formula is C7HBrF3N. The lowest BCUT2D eigenvalue weighted by atomic mass is 10.2. The summed E-state index contributed by atoms with van der Waals surface area (Å²) in [6, 6.07) is 1.86. The number of halogens is 4. The van der Waals surface area contributed by atoms with E-state index >= 15 is 0 Å². The van der Waals surface area contributed by atoms with E-state index < -0.39 is 23.0 Å². The average Bonchev–Trinajstić information content (AvgIpc) is 2.02. The minimum absolute atomic E-state index is 0.266. The summed E-state index contributed by atoms with van der Waals surface area (Å²) in [5, 5.41) is 8.23. The van der Waals surface area contributed by atoms with Crippen LogP contribution >= 0.6 is 15.9 Å². The zero-order valence-corrected chi connectivity index (χ0v) is 7.12. The first-order valence-electron chi connectivity index (χ1n) is 2.81. The second-order valence-corrected chi connectivity index (χ2v) is 2.81. The quantitative estimate of drug-likeness (QED) is 0.635. The molecule has 1 rings (SSSR count). The van der Waals surface area contributed by atoms with Crippen molar-refractivity contribution in [3.63, 3.8) is 0 Å². The average molecular weight is 236 g/mol. The molecular weight excluding hydrogens is 235 g/mol. The van der Waals surface area contributed by atoms with Crippen LogP contribution in [-0.2, 0) is 0 Å². The van der Waals surface area contributed by atoms with Gasteiger partial charge in [0.25, 0.3) is 0 Å². The van der Waals surface area contributed by atoms with E-state index in [1.807, 2.05) is 0 Å². The largest absolute Gasteiger partial charge is 0.204 e. The van der Waals surface area contributed by atoms with Crippen molar-refractivity contribution in [1.82, 2.24) is 0 Å². The first kappa shape index (κ1) is 9.07. The van der Waals surface area contributed by atoms with Gasteiger partial charge in [0.2, 0.25) is 0 Å². The van der Waals surface area contributed by atoms with Crippen LogP contribution in [0.1, 0.15) is 5.56 Å². The number of hydrogen-bond donors (Lipinski definition) is 0. The topological polar surface area (TPSA) is 23.8 Å². The maximum absolute atomic E-state index is 12.8. The lowest BCUT2D eigenvalue weighted by molar-refractivity contribution is 0.489. The molecule has 0 saturated heterocycles. The zero-order chi connectivity index (χ0) is 9.30. The SMILES string of the molecule is N#Cc1c(F)c(F)cc(Br)c1F. The predicted molar refractivity (Wildman–Crippen MR) is 38.7 cm³/mol. The second-order valence-electron chi connectivity index (χ2n) is 1.95. The Morgan fingerprint density at radius 2 is 1.83 bits per heavy atom. The molecule has 12 heavy (non-hydrogen) atoms. The van der Waals surface area contributed by atoms with E-state index in [2.05, 4.69) is 15.9 Å². The first-order chi connectivity index (χ1) is 5.57. The molecule has 62 valence electrons. The van der Waals surface area contributed by atoms with Gasteiger partial charge in [-0.2, -0.15) is 5.26 Å². The first-order valence-corrected chi connectivity index (χ1v) is 3.60. The van der Waals surface area contributed by atoms with E-state index in [0.29, 0.717) is 6.07 Å². The van der Waals surface area contributed by atoms with Crippen LogP contribution in [-0.4, -0.2) is 0 Å². The summed E-state index contributed by atoms with van der Waals surface area (Å²) < 4.78 is 37.6. The smallest absolute Gasteiger partial charge is 0.179 e. The third kappa shape index (κ3) is 1.30. The van der Waals surface area contributed by atoms with Gasteiger partial charge in [-0.1, -0.05) is 0 Å². The summed E-state index contributed by atoms with van der Waals surface area (Å²) >= 11 is 2.64. The highest BCUT2D eigenvalue weighted by Gasteiger charge is 2.16. The van der Waals surface area contributed by atoms with Gasteiger partial charge in [0.05, 0.1) is 4.47 Å². The Kier molecular flexibility index (Phi) is 2.38. The molecule has 0 atom stereocenters. The van der Waals surface area contributed by atoms with Crippen molar-refractivity contribution in [1.29, 1.82) is 5.26 Å². The fourth-order valence-electron chi connectivity index (χ4n) is 0.671. The predicted octanol–water partition coefficient (Wildman–Crippen LogP) is 2.74. The van der Waals surface area contributed by atoms with E-state index in [0.717, 1.165) is 0 Å². The van der Waals surface area contributed by atoms with Crippen LogP contribution < -0.4 is 0 Å². The fourth-order valence-corrected chi connectivity index (χ4v) is 1.07. The Morgan fingerprint density at radius 3 is 2.33 bits per heavy atom. The molecule has 1 nitrogen and oxygen atoms in total. The highest BCUT2D eigenvalue weighted by atomic mass is 79.9. The number of nitrogens with zero attached hydrogens (tertiary/aromatic N) is 1. The molecule has 0 radical (unpaired) electrons. The maximum Gasteiger partial charge on any atom is 0.179 e. The zero-order valence-electron chi connectivity index (χ0n) is 5.54. The van der Waals surface area contributed by atoms with Crippen LogP contribution in [0.25, 0.3) is 0 Å². The minimum Gasteiger partial charge on any atom is -0.204 e. The number of hydrogen-bond acceptors (Lipinski definition) is 1. The van der Waals surface area contributed by atoms with E-state index in [1.165, 1.54) is 6.07 Å². The highest BCUT2D eigenvalue weighted by Crippen LogP contribution is 2.23. The molecule has 0 unspecified atom stereocenters. The Morgan fingerprint density at radius 1 is 1.25 bits per heavy atom. The molecule has 0 amide bonds. The van der Waals surface area contributed by atoms with Crippen LogP contribution in [0.15, 0.2) is 10.5 Å². The summed E-state index contributed by atoms with van der Waals surface area (Å²) in [7, 11) is 0. The van der Waals surface area contributed by atoms with Crippen molar-refractivity contribution in [3.05, 3.63) is 33.6 Å². The summed E-state index contributed by atoms with van der Waals surface area (Å²) in [4.78, 5) is 0. The van der Waals surface area contributed by atoms with Crippen molar-refractivity contribution in [3.8, 4) is 6.07 Å². The molecule has 1 aromatic rings. The molecule has 0 aliphatic rings. The second kappa shape index (κ2) is 3.15. The third-order valence-corrected chi connectivity index (χ3v) is 1.80. The fraction of sp³-hybridized carbons (Fsp3) is 0. The molecule has 0 bridgehead atoms. The van der Waals surface area contributed by atoms with Gasteiger partial charge in [-0.25, -0.2) is 13.2 Å². The van der Waals surface area contributed by atoms with E-state index in [1.54, 1.807) is 0 Å². The lowest BCUT2D eigenvalue weighted by Gasteiger charge is -1.98. The molecule has 0 saturated carbocycles. The summed E-state index contributed by atoms with van der Waals surface area (Å²) in [6.07, 6.45) is 0. The van der Waals surface area contributed by atoms with Crippen LogP contribution in [0.5, 0.6) is 0 Å². The molecule has 0 aromatic heterocycles. The standard InChI is InChI=1S/C7HBrF3N/c8-4-1-5(9)7(11)3(2-12)6(4)10/h1H. The molecule has 0 heterocycles. The summed E-state index contributed by atoms with van der Waals surface area (Å²) in [5.41, 5.74) is -0.915. The highest BCUT2D eigenvalue weighted by molar-refractivity contribution is 9.10. The molecule has 0 N–H and O–H groups in total. The molecule has 0 fully saturated rings. The monoisotopic (exact) mass is 235 g/mol. The van der Waals surface area contributed by atoms with Gasteiger partial charge < -0.3 is 0 Å². The Balaban J connectivity index is 3.56. The van der Waals surface area contributed by atoms with Gasteiger partial charge in [-0.3, -0.25) is 0 Å². The summed E-state index contributed by atoms with van der Waals surface area (Å²) in [6.45, 7) is 0. The van der Waals surface area contributed by atoms with E-state index in [-0.39, 0.29) is 4.47 Å². The number of nitriles is 1. The van der Waals surface area contributed by atoms with Gasteiger partial charge in [0.1, 0.15) is 11.6 Å². The number of benzene rings is 1. The maximum atomic E-state index is 12.8. The molecule has 1 aromatic carbocycles.